The van der Waals surface area contributed by atoms with Crippen LogP contribution >= 0.6 is 0 Å². The van der Waals surface area contributed by atoms with Crippen LogP contribution in [0.4, 0.5) is 0 Å². The molecule has 47 heavy (non-hydrogen) atoms. The maximum atomic E-state index is 6.54. The third-order valence-corrected chi connectivity index (χ3v) is 8.95. The van der Waals surface area contributed by atoms with E-state index >= 15 is 0 Å². The molecule has 0 saturated carbocycles. The SMILES string of the molecule is CCCCCCc1ccc2c(c1)c1ccc(Oc3cccc(-n4nc(C)c(-c5ccccc5)c4C)c3)cc1n2-c1cc(OC)ccn1. The van der Waals surface area contributed by atoms with E-state index in [9.17, 15) is 0 Å². The molecule has 0 unspecified atom stereocenters. The Balaban J connectivity index is 1.27. The summed E-state index contributed by atoms with van der Waals surface area (Å²) in [5.74, 6) is 3.06. The van der Waals surface area contributed by atoms with E-state index in [-0.39, 0.29) is 0 Å². The zero-order chi connectivity index (χ0) is 32.3. The first-order valence-corrected chi connectivity index (χ1v) is 16.5. The molecule has 6 heteroatoms. The maximum absolute atomic E-state index is 6.54. The Morgan fingerprint density at radius 3 is 2.38 bits per heavy atom. The average molecular weight is 621 g/mol. The summed E-state index contributed by atoms with van der Waals surface area (Å²) in [6.07, 6.45) is 7.87. The van der Waals surface area contributed by atoms with Crippen molar-refractivity contribution >= 4 is 21.8 Å². The standard InChI is InChI=1S/C41H40N4O2/c1-5-6-7-9-13-30-18-21-38-37(24-30)36-20-19-35(26-39(36)44(38)40-27-33(46-4)22-23-42-40)47-34-17-12-16-32(25-34)45-29(3)41(28(2)43-45)31-14-10-8-11-15-31/h8,10-12,14-27H,5-7,9,13H2,1-4H3. The van der Waals surface area contributed by atoms with Crippen molar-refractivity contribution in [3.63, 3.8) is 0 Å². The van der Waals surface area contributed by atoms with E-state index < -0.39 is 0 Å². The number of hydrogen-bond donors (Lipinski definition) is 0. The molecule has 0 bridgehead atoms. The van der Waals surface area contributed by atoms with Gasteiger partial charge in [0.2, 0.25) is 0 Å². The zero-order valence-corrected chi connectivity index (χ0v) is 27.5. The summed E-state index contributed by atoms with van der Waals surface area (Å²) in [5, 5.41) is 7.28. The van der Waals surface area contributed by atoms with Crippen molar-refractivity contribution in [1.82, 2.24) is 19.3 Å². The van der Waals surface area contributed by atoms with Gasteiger partial charge in [0.05, 0.1) is 29.5 Å². The minimum atomic E-state index is 0.743. The molecule has 3 aromatic heterocycles. The van der Waals surface area contributed by atoms with Crippen molar-refractivity contribution in [2.45, 2.75) is 52.9 Å². The molecule has 3 heterocycles. The highest BCUT2D eigenvalue weighted by Gasteiger charge is 2.17. The lowest BCUT2D eigenvalue weighted by molar-refractivity contribution is 0.414. The van der Waals surface area contributed by atoms with Gasteiger partial charge < -0.3 is 9.47 Å². The van der Waals surface area contributed by atoms with Gasteiger partial charge in [-0.25, -0.2) is 9.67 Å². The molecule has 0 aliphatic rings. The number of methoxy groups -OCH3 is 1. The van der Waals surface area contributed by atoms with E-state index in [2.05, 4.69) is 92.1 Å². The number of rotatable bonds is 11. The smallest absolute Gasteiger partial charge is 0.141 e. The molecule has 6 nitrogen and oxygen atoms in total. The fourth-order valence-corrected chi connectivity index (χ4v) is 6.65. The molecular weight excluding hydrogens is 580 g/mol. The van der Waals surface area contributed by atoms with Crippen LogP contribution in [0.5, 0.6) is 17.2 Å². The third-order valence-electron chi connectivity index (χ3n) is 8.95. The van der Waals surface area contributed by atoms with E-state index in [1.54, 1.807) is 13.3 Å². The number of aromatic nitrogens is 4. The maximum Gasteiger partial charge on any atom is 0.141 e. The molecule has 236 valence electrons. The summed E-state index contributed by atoms with van der Waals surface area (Å²) in [5.41, 5.74) is 8.86. The van der Waals surface area contributed by atoms with Crippen LogP contribution < -0.4 is 9.47 Å². The van der Waals surface area contributed by atoms with Gasteiger partial charge in [-0.15, -0.1) is 0 Å². The predicted molar refractivity (Wildman–Crippen MR) is 192 cm³/mol. The molecule has 0 amide bonds. The molecule has 0 radical (unpaired) electrons. The van der Waals surface area contributed by atoms with Crippen molar-refractivity contribution in [3.05, 3.63) is 126 Å². The Kier molecular flexibility index (Phi) is 8.49. The summed E-state index contributed by atoms with van der Waals surface area (Å²) in [6, 6.07) is 35.6. The van der Waals surface area contributed by atoms with E-state index in [1.807, 2.05) is 41.1 Å². The monoisotopic (exact) mass is 620 g/mol. The lowest BCUT2D eigenvalue weighted by Crippen LogP contribution is -2.00. The Labute approximate surface area is 276 Å². The summed E-state index contributed by atoms with van der Waals surface area (Å²) in [7, 11) is 1.68. The van der Waals surface area contributed by atoms with Crippen LogP contribution in [0, 0.1) is 13.8 Å². The van der Waals surface area contributed by atoms with E-state index in [4.69, 9.17) is 19.6 Å². The van der Waals surface area contributed by atoms with E-state index in [1.165, 1.54) is 42.2 Å². The summed E-state index contributed by atoms with van der Waals surface area (Å²) >= 11 is 0. The van der Waals surface area contributed by atoms with Crippen molar-refractivity contribution < 1.29 is 9.47 Å². The van der Waals surface area contributed by atoms with E-state index in [0.717, 1.165) is 68.5 Å². The van der Waals surface area contributed by atoms with Gasteiger partial charge in [0.1, 0.15) is 23.1 Å². The molecule has 0 N–H and O–H groups in total. The van der Waals surface area contributed by atoms with Crippen molar-refractivity contribution in [2.24, 2.45) is 0 Å². The molecule has 4 aromatic carbocycles. The zero-order valence-electron chi connectivity index (χ0n) is 27.5. The van der Waals surface area contributed by atoms with Crippen LogP contribution in [0.15, 0.2) is 109 Å². The van der Waals surface area contributed by atoms with Crippen LogP contribution in [0.2, 0.25) is 0 Å². The molecule has 0 saturated heterocycles. The van der Waals surface area contributed by atoms with Gasteiger partial charge >= 0.3 is 0 Å². The minimum absolute atomic E-state index is 0.743. The van der Waals surface area contributed by atoms with Gasteiger partial charge in [0.15, 0.2) is 0 Å². The molecule has 0 aliphatic carbocycles. The second kappa shape index (κ2) is 13.2. The highest BCUT2D eigenvalue weighted by Crippen LogP contribution is 2.37. The molecule has 0 fully saturated rings. The number of hydrogen-bond acceptors (Lipinski definition) is 4. The van der Waals surface area contributed by atoms with Crippen LogP contribution in [-0.2, 0) is 6.42 Å². The number of benzene rings is 4. The molecule has 7 rings (SSSR count). The van der Waals surface area contributed by atoms with Crippen molar-refractivity contribution in [2.75, 3.05) is 7.11 Å². The number of nitrogens with zero attached hydrogens (tertiary/aromatic N) is 4. The van der Waals surface area contributed by atoms with Crippen LogP contribution in [-0.4, -0.2) is 26.4 Å². The Hall–Kier alpha value is -5.36. The molecule has 7 aromatic rings. The van der Waals surface area contributed by atoms with Gasteiger partial charge in [-0.2, -0.15) is 5.10 Å². The van der Waals surface area contributed by atoms with E-state index in [0.29, 0.717) is 0 Å². The first-order chi connectivity index (χ1) is 23.0. The lowest BCUT2D eigenvalue weighted by Gasteiger charge is -2.11. The summed E-state index contributed by atoms with van der Waals surface area (Å²) < 4.78 is 16.3. The Morgan fingerprint density at radius 2 is 1.55 bits per heavy atom. The number of pyridine rings is 1. The van der Waals surface area contributed by atoms with Crippen LogP contribution in [0.3, 0.4) is 0 Å². The first kappa shape index (κ1) is 30.3. The topological polar surface area (TPSA) is 54.1 Å². The molecular formula is C41H40N4O2. The Bertz CT molecular complexity index is 2180. The molecule has 0 spiro atoms. The van der Waals surface area contributed by atoms with Gasteiger partial charge in [0, 0.05) is 46.4 Å². The highest BCUT2D eigenvalue weighted by molar-refractivity contribution is 6.09. The third kappa shape index (κ3) is 5.99. The van der Waals surface area contributed by atoms with Crippen LogP contribution in [0.25, 0.3) is 44.4 Å². The van der Waals surface area contributed by atoms with Crippen molar-refractivity contribution in [3.8, 4) is 39.9 Å². The minimum Gasteiger partial charge on any atom is -0.497 e. The fourth-order valence-electron chi connectivity index (χ4n) is 6.65. The number of aryl methyl sites for hydroxylation is 2. The van der Waals surface area contributed by atoms with Crippen molar-refractivity contribution in [1.29, 1.82) is 0 Å². The number of unbranched alkanes of at least 4 members (excludes halogenated alkanes) is 3. The van der Waals surface area contributed by atoms with Gasteiger partial charge in [-0.3, -0.25) is 4.57 Å². The average Bonchev–Trinajstić information content (AvgIpc) is 3.59. The van der Waals surface area contributed by atoms with Crippen LogP contribution in [0.1, 0.15) is 49.6 Å². The Morgan fingerprint density at radius 1 is 0.702 bits per heavy atom. The summed E-state index contributed by atoms with van der Waals surface area (Å²) in [6.45, 7) is 6.43. The largest absolute Gasteiger partial charge is 0.497 e. The first-order valence-electron chi connectivity index (χ1n) is 16.5. The second-order valence-electron chi connectivity index (χ2n) is 12.2. The number of fused-ring (bicyclic) bond motifs is 3. The lowest BCUT2D eigenvalue weighted by atomic mass is 10.0. The number of ether oxygens (including phenoxy) is 2. The fraction of sp³-hybridized carbons (Fsp3) is 0.220. The molecule has 0 aliphatic heterocycles. The normalized spacial score (nSPS) is 11.4. The quantitative estimate of drug-likeness (QED) is 0.135. The molecule has 0 atom stereocenters. The van der Waals surface area contributed by atoms with Gasteiger partial charge in [0.25, 0.3) is 0 Å². The predicted octanol–water partition coefficient (Wildman–Crippen LogP) is 10.6. The van der Waals surface area contributed by atoms with Gasteiger partial charge in [-0.1, -0.05) is 68.7 Å². The summed E-state index contributed by atoms with van der Waals surface area (Å²) in [4.78, 5) is 4.75. The van der Waals surface area contributed by atoms with Gasteiger partial charge in [-0.05, 0) is 80.3 Å². The second-order valence-corrected chi connectivity index (χ2v) is 12.2. The highest BCUT2D eigenvalue weighted by atomic mass is 16.5.